The number of primary amides is 1. The van der Waals surface area contributed by atoms with Crippen LogP contribution in [-0.2, 0) is 9.59 Å². The number of thioether (sulfide) groups is 1. The van der Waals surface area contributed by atoms with Crippen LogP contribution in [0.5, 0.6) is 0 Å². The van der Waals surface area contributed by atoms with Gasteiger partial charge in [-0.3, -0.25) is 14.6 Å². The summed E-state index contributed by atoms with van der Waals surface area (Å²) in [6.07, 6.45) is 0.689. The van der Waals surface area contributed by atoms with Crippen molar-refractivity contribution in [2.24, 2.45) is 21.6 Å². The van der Waals surface area contributed by atoms with Crippen molar-refractivity contribution in [2.45, 2.75) is 26.3 Å². The van der Waals surface area contributed by atoms with Crippen LogP contribution in [0, 0.1) is 5.92 Å². The highest BCUT2D eigenvalue weighted by Crippen LogP contribution is 2.34. The van der Waals surface area contributed by atoms with E-state index in [1.165, 1.54) is 16.7 Å². The Morgan fingerprint density at radius 3 is 2.83 bits per heavy atom. The first-order chi connectivity index (χ1) is 11.0. The Kier molecular flexibility index (Phi) is 4.21. The number of aliphatic imine (C=N–C) groups is 2. The van der Waals surface area contributed by atoms with E-state index < -0.39 is 11.9 Å². The second kappa shape index (κ2) is 6.16. The smallest absolute Gasteiger partial charge is 0.259 e. The van der Waals surface area contributed by atoms with Crippen molar-refractivity contribution in [3.05, 3.63) is 29.8 Å². The highest BCUT2D eigenvalue weighted by Gasteiger charge is 2.41. The summed E-state index contributed by atoms with van der Waals surface area (Å²) in [5.41, 5.74) is 6.82. The third-order valence-corrected chi connectivity index (χ3v) is 4.55. The fourth-order valence-corrected chi connectivity index (χ4v) is 3.37. The Morgan fingerprint density at radius 2 is 2.13 bits per heavy atom. The lowest BCUT2D eigenvalue weighted by molar-refractivity contribution is -0.125. The number of para-hydroxylation sites is 1. The molecule has 3 rings (SSSR count). The lowest BCUT2D eigenvalue weighted by Gasteiger charge is -2.25. The molecular weight excluding hydrogens is 312 g/mol. The molecule has 0 fully saturated rings. The molecule has 0 aromatic heterocycles. The minimum Gasteiger partial charge on any atom is -0.369 e. The van der Waals surface area contributed by atoms with Gasteiger partial charge in [0.25, 0.3) is 5.91 Å². The predicted octanol–water partition coefficient (Wildman–Crippen LogP) is 1.91. The monoisotopic (exact) mass is 330 g/mol. The molecule has 23 heavy (non-hydrogen) atoms. The molecule has 2 N–H and O–H groups in total. The summed E-state index contributed by atoms with van der Waals surface area (Å²) in [6.45, 7) is 4.13. The first-order valence-corrected chi connectivity index (χ1v) is 8.47. The first-order valence-electron chi connectivity index (χ1n) is 7.48. The number of fused-ring (bicyclic) bond motifs is 3. The normalized spacial score (nSPS) is 19.3. The lowest BCUT2D eigenvalue weighted by atomic mass is 10.0. The van der Waals surface area contributed by atoms with Crippen molar-refractivity contribution in [3.8, 4) is 0 Å². The summed E-state index contributed by atoms with van der Waals surface area (Å²) in [4.78, 5) is 34.5. The number of hydrogen-bond acceptors (Lipinski definition) is 5. The van der Waals surface area contributed by atoms with Crippen molar-refractivity contribution in [3.63, 3.8) is 0 Å². The van der Waals surface area contributed by atoms with Crippen molar-refractivity contribution in [1.29, 1.82) is 0 Å². The molecule has 1 aromatic rings. The minimum atomic E-state index is -0.444. The largest absolute Gasteiger partial charge is 0.369 e. The van der Waals surface area contributed by atoms with Crippen LogP contribution in [0.4, 0.5) is 5.69 Å². The zero-order valence-electron chi connectivity index (χ0n) is 13.0. The van der Waals surface area contributed by atoms with E-state index in [1.54, 1.807) is 0 Å². The van der Waals surface area contributed by atoms with Gasteiger partial charge in [0.1, 0.15) is 11.9 Å². The van der Waals surface area contributed by atoms with Crippen LogP contribution in [-0.4, -0.2) is 39.5 Å². The van der Waals surface area contributed by atoms with Crippen LogP contribution in [0.2, 0.25) is 0 Å². The van der Waals surface area contributed by atoms with Crippen molar-refractivity contribution in [2.75, 3.05) is 5.75 Å². The number of amides is 2. The predicted molar refractivity (Wildman–Crippen MR) is 91.8 cm³/mol. The molecule has 0 saturated heterocycles. The van der Waals surface area contributed by atoms with Crippen LogP contribution in [0.25, 0.3) is 0 Å². The highest BCUT2D eigenvalue weighted by atomic mass is 32.2. The Bertz CT molecular complexity index is 727. The average Bonchev–Trinajstić information content (AvgIpc) is 2.82. The van der Waals surface area contributed by atoms with Crippen LogP contribution in [0.3, 0.4) is 0 Å². The van der Waals surface area contributed by atoms with Gasteiger partial charge in [0.05, 0.1) is 11.4 Å². The van der Waals surface area contributed by atoms with Crippen LogP contribution in [0.15, 0.2) is 34.3 Å². The van der Waals surface area contributed by atoms with Crippen molar-refractivity contribution >= 4 is 40.3 Å². The maximum Gasteiger partial charge on any atom is 0.259 e. The maximum absolute atomic E-state index is 12.7. The Balaban J connectivity index is 2.01. The van der Waals surface area contributed by atoms with E-state index in [1.807, 2.05) is 24.3 Å². The molecule has 2 aliphatic rings. The molecule has 6 nitrogen and oxygen atoms in total. The molecule has 7 heteroatoms. The highest BCUT2D eigenvalue weighted by molar-refractivity contribution is 8.14. The number of nitrogens with zero attached hydrogens (tertiary/aromatic N) is 3. The van der Waals surface area contributed by atoms with Gasteiger partial charge in [-0.2, -0.15) is 0 Å². The van der Waals surface area contributed by atoms with E-state index in [0.717, 1.165) is 11.3 Å². The molecule has 1 aromatic carbocycles. The number of carbonyl (C=O) groups is 2. The van der Waals surface area contributed by atoms with Gasteiger partial charge in [0.2, 0.25) is 5.91 Å². The van der Waals surface area contributed by atoms with Crippen molar-refractivity contribution < 1.29 is 9.59 Å². The Labute approximate surface area is 138 Å². The Hall–Kier alpha value is -2.15. The topological polar surface area (TPSA) is 88.1 Å². The third kappa shape index (κ3) is 3.01. The summed E-state index contributed by atoms with van der Waals surface area (Å²) in [5.74, 6) is 0.536. The van der Waals surface area contributed by atoms with E-state index in [-0.39, 0.29) is 11.7 Å². The molecule has 0 bridgehead atoms. The van der Waals surface area contributed by atoms with Gasteiger partial charge in [0.15, 0.2) is 5.17 Å². The molecular formula is C16H18N4O2S. The molecule has 0 saturated carbocycles. The number of benzene rings is 1. The van der Waals surface area contributed by atoms with Crippen LogP contribution >= 0.6 is 11.8 Å². The lowest BCUT2D eigenvalue weighted by Crippen LogP contribution is -2.41. The molecule has 0 unspecified atom stereocenters. The second-order valence-corrected chi connectivity index (χ2v) is 6.88. The third-order valence-electron chi connectivity index (χ3n) is 3.59. The number of nitrogens with two attached hydrogens (primary N) is 1. The van der Waals surface area contributed by atoms with Crippen molar-refractivity contribution in [1.82, 2.24) is 4.90 Å². The quantitative estimate of drug-likeness (QED) is 0.914. The number of amidine groups is 2. The average molecular weight is 330 g/mol. The van der Waals surface area contributed by atoms with E-state index in [0.29, 0.717) is 23.3 Å². The minimum absolute atomic E-state index is 0.0763. The summed E-state index contributed by atoms with van der Waals surface area (Å²) in [6, 6.07) is 7.18. The fraction of sp³-hybridized carbons (Fsp3) is 0.375. The van der Waals surface area contributed by atoms with E-state index in [9.17, 15) is 9.59 Å². The van der Waals surface area contributed by atoms with E-state index >= 15 is 0 Å². The fourth-order valence-electron chi connectivity index (χ4n) is 2.63. The molecule has 0 radical (unpaired) electrons. The molecule has 1 atom stereocenters. The zero-order chi connectivity index (χ0) is 16.6. The van der Waals surface area contributed by atoms with Gasteiger partial charge in [0, 0.05) is 5.56 Å². The summed E-state index contributed by atoms with van der Waals surface area (Å²) in [7, 11) is 0. The Morgan fingerprint density at radius 1 is 1.39 bits per heavy atom. The molecule has 0 spiro atoms. The number of hydrogen-bond donors (Lipinski definition) is 1. The van der Waals surface area contributed by atoms with Crippen LogP contribution < -0.4 is 5.73 Å². The van der Waals surface area contributed by atoms with E-state index in [4.69, 9.17) is 5.73 Å². The van der Waals surface area contributed by atoms with Gasteiger partial charge in [-0.15, -0.1) is 0 Å². The summed E-state index contributed by atoms with van der Waals surface area (Å²) >= 11 is 1.17. The van der Waals surface area contributed by atoms with Gasteiger partial charge in [-0.05, 0) is 24.5 Å². The summed E-state index contributed by atoms with van der Waals surface area (Å²) in [5, 5.41) is 0.470. The first kappa shape index (κ1) is 15.7. The molecule has 0 aliphatic carbocycles. The van der Waals surface area contributed by atoms with E-state index in [2.05, 4.69) is 23.8 Å². The van der Waals surface area contributed by atoms with Crippen LogP contribution in [0.1, 0.15) is 25.8 Å². The molecule has 2 aliphatic heterocycles. The molecule has 2 amide bonds. The SMILES string of the molecule is CC(C)C[C@H]1N=C2c3ccccc3N=C(SCC(N)=O)N2C1=O. The molecule has 2 heterocycles. The second-order valence-electron chi connectivity index (χ2n) is 5.94. The number of carbonyl (C=O) groups excluding carboxylic acids is 2. The standard InChI is InChI=1S/C16H18N4O2S/c1-9(2)7-12-15(22)20-14(18-12)10-5-3-4-6-11(10)19-16(20)23-8-13(17)21/h3-6,9,12H,7-8H2,1-2H3,(H2,17,21)/t12-/m1/s1. The van der Waals surface area contributed by atoms with Gasteiger partial charge in [-0.25, -0.2) is 9.89 Å². The zero-order valence-corrected chi connectivity index (χ0v) is 13.8. The summed E-state index contributed by atoms with van der Waals surface area (Å²) < 4.78 is 0. The van der Waals surface area contributed by atoms with Gasteiger partial charge in [-0.1, -0.05) is 37.7 Å². The maximum atomic E-state index is 12.7. The van der Waals surface area contributed by atoms with Gasteiger partial charge >= 0.3 is 0 Å². The van der Waals surface area contributed by atoms with Gasteiger partial charge < -0.3 is 5.73 Å². The molecule has 120 valence electrons. The number of rotatable bonds is 4.